The van der Waals surface area contributed by atoms with Crippen LogP contribution >= 0.6 is 12.4 Å². The van der Waals surface area contributed by atoms with E-state index in [9.17, 15) is 4.79 Å². The number of nitrogens with two attached hydrogens (primary N) is 1. The zero-order valence-electron chi connectivity index (χ0n) is 10.6. The summed E-state index contributed by atoms with van der Waals surface area (Å²) in [5.74, 6) is 1.39. The molecule has 1 fully saturated rings. The lowest BCUT2D eigenvalue weighted by Gasteiger charge is -2.34. The Labute approximate surface area is 105 Å². The molecule has 0 spiro atoms. The van der Waals surface area contributed by atoms with Crippen LogP contribution in [0.5, 0.6) is 0 Å². The van der Waals surface area contributed by atoms with Gasteiger partial charge in [0.05, 0.1) is 0 Å². The summed E-state index contributed by atoms with van der Waals surface area (Å²) in [6.07, 6.45) is 2.29. The van der Waals surface area contributed by atoms with Crippen LogP contribution in [0.3, 0.4) is 0 Å². The quantitative estimate of drug-likeness (QED) is 0.829. The van der Waals surface area contributed by atoms with Gasteiger partial charge >= 0.3 is 0 Å². The molecular weight excluding hydrogens is 224 g/mol. The van der Waals surface area contributed by atoms with Gasteiger partial charge in [-0.1, -0.05) is 20.8 Å². The summed E-state index contributed by atoms with van der Waals surface area (Å²) < 4.78 is 0. The summed E-state index contributed by atoms with van der Waals surface area (Å²) >= 11 is 0. The van der Waals surface area contributed by atoms with Crippen LogP contribution in [0.4, 0.5) is 0 Å². The van der Waals surface area contributed by atoms with Gasteiger partial charge in [-0.05, 0) is 31.2 Å². The fraction of sp³-hybridized carbons (Fsp3) is 0.917. The van der Waals surface area contributed by atoms with E-state index in [0.29, 0.717) is 24.3 Å². The molecule has 1 aliphatic rings. The first-order valence-electron chi connectivity index (χ1n) is 6.05. The van der Waals surface area contributed by atoms with E-state index in [1.54, 1.807) is 0 Å². The molecule has 0 aromatic heterocycles. The summed E-state index contributed by atoms with van der Waals surface area (Å²) in [5.41, 5.74) is 5.66. The highest BCUT2D eigenvalue weighted by Gasteiger charge is 2.27. The Bertz CT molecular complexity index is 221. The van der Waals surface area contributed by atoms with Crippen molar-refractivity contribution in [1.82, 2.24) is 4.90 Å². The average molecular weight is 249 g/mol. The van der Waals surface area contributed by atoms with Crippen molar-refractivity contribution in [3.63, 3.8) is 0 Å². The molecule has 2 atom stereocenters. The maximum absolute atomic E-state index is 12.1. The fourth-order valence-electron chi connectivity index (χ4n) is 2.03. The predicted molar refractivity (Wildman–Crippen MR) is 69.6 cm³/mol. The second-order valence-corrected chi connectivity index (χ2v) is 5.06. The number of carbonyl (C=O) groups is 1. The van der Waals surface area contributed by atoms with Crippen LogP contribution < -0.4 is 5.73 Å². The first-order valence-corrected chi connectivity index (χ1v) is 6.05. The second-order valence-electron chi connectivity index (χ2n) is 5.06. The van der Waals surface area contributed by atoms with Crippen molar-refractivity contribution >= 4 is 18.3 Å². The Balaban J connectivity index is 0.00000225. The van der Waals surface area contributed by atoms with Crippen LogP contribution in [0.2, 0.25) is 0 Å². The molecular formula is C12H25ClN2O. The van der Waals surface area contributed by atoms with E-state index in [0.717, 1.165) is 19.5 Å². The first kappa shape index (κ1) is 15.7. The number of carbonyl (C=O) groups excluding carboxylic acids is 1. The molecule has 1 aliphatic heterocycles. The van der Waals surface area contributed by atoms with Crippen LogP contribution in [0.1, 0.15) is 33.6 Å². The van der Waals surface area contributed by atoms with Crippen molar-refractivity contribution in [2.24, 2.45) is 23.5 Å². The molecule has 1 saturated heterocycles. The highest BCUT2D eigenvalue weighted by atomic mass is 35.5. The van der Waals surface area contributed by atoms with Crippen molar-refractivity contribution in [2.45, 2.75) is 33.6 Å². The molecule has 1 heterocycles. The number of rotatable bonds is 3. The smallest absolute Gasteiger partial charge is 0.225 e. The minimum Gasteiger partial charge on any atom is -0.342 e. The number of piperidine rings is 1. The molecule has 2 N–H and O–H groups in total. The van der Waals surface area contributed by atoms with E-state index in [1.165, 1.54) is 6.42 Å². The SMILES string of the molecule is CC(C)C(C)C(=O)N1CCCC(CN)C1.Cl. The third-order valence-electron chi connectivity index (χ3n) is 3.55. The lowest BCUT2D eigenvalue weighted by molar-refractivity contribution is -0.138. The maximum Gasteiger partial charge on any atom is 0.225 e. The summed E-state index contributed by atoms with van der Waals surface area (Å²) in [6.45, 7) is 8.73. The van der Waals surface area contributed by atoms with E-state index < -0.39 is 0 Å². The van der Waals surface area contributed by atoms with Gasteiger partial charge in [-0.25, -0.2) is 0 Å². The molecule has 1 rings (SSSR count). The van der Waals surface area contributed by atoms with Crippen LogP contribution in [0, 0.1) is 17.8 Å². The minimum atomic E-state index is 0. The highest BCUT2D eigenvalue weighted by Crippen LogP contribution is 2.20. The summed E-state index contributed by atoms with van der Waals surface area (Å²) in [7, 11) is 0. The van der Waals surface area contributed by atoms with Crippen molar-refractivity contribution < 1.29 is 4.79 Å². The van der Waals surface area contributed by atoms with E-state index in [1.807, 2.05) is 11.8 Å². The van der Waals surface area contributed by atoms with Crippen LogP contribution in [-0.2, 0) is 4.79 Å². The number of hydrogen-bond acceptors (Lipinski definition) is 2. The van der Waals surface area contributed by atoms with Gasteiger partial charge in [-0.2, -0.15) is 0 Å². The Morgan fingerprint density at radius 1 is 1.44 bits per heavy atom. The Kier molecular flexibility index (Phi) is 7.00. The monoisotopic (exact) mass is 248 g/mol. The molecule has 0 aromatic carbocycles. The largest absolute Gasteiger partial charge is 0.342 e. The van der Waals surface area contributed by atoms with Gasteiger partial charge in [0.15, 0.2) is 0 Å². The number of nitrogens with zero attached hydrogens (tertiary/aromatic N) is 1. The molecule has 1 amide bonds. The third-order valence-corrected chi connectivity index (χ3v) is 3.55. The number of amides is 1. The van der Waals surface area contributed by atoms with Gasteiger partial charge in [0.1, 0.15) is 0 Å². The summed E-state index contributed by atoms with van der Waals surface area (Å²) in [4.78, 5) is 14.1. The molecule has 2 unspecified atom stereocenters. The van der Waals surface area contributed by atoms with Crippen LogP contribution in [0.15, 0.2) is 0 Å². The zero-order chi connectivity index (χ0) is 11.4. The Morgan fingerprint density at radius 3 is 2.56 bits per heavy atom. The second kappa shape index (κ2) is 7.13. The lowest BCUT2D eigenvalue weighted by Crippen LogP contribution is -2.45. The summed E-state index contributed by atoms with van der Waals surface area (Å²) in [5, 5.41) is 0. The van der Waals surface area contributed by atoms with Crippen molar-refractivity contribution in [1.29, 1.82) is 0 Å². The molecule has 4 heteroatoms. The van der Waals surface area contributed by atoms with Gasteiger partial charge in [0.2, 0.25) is 5.91 Å². The average Bonchev–Trinajstić information content (AvgIpc) is 2.27. The van der Waals surface area contributed by atoms with E-state index in [4.69, 9.17) is 5.73 Å². The van der Waals surface area contributed by atoms with Crippen molar-refractivity contribution in [2.75, 3.05) is 19.6 Å². The molecule has 3 nitrogen and oxygen atoms in total. The number of likely N-dealkylation sites (tertiary alicyclic amines) is 1. The lowest BCUT2D eigenvalue weighted by atomic mass is 9.93. The minimum absolute atomic E-state index is 0. The van der Waals surface area contributed by atoms with Crippen molar-refractivity contribution in [3.8, 4) is 0 Å². The van der Waals surface area contributed by atoms with E-state index in [2.05, 4.69) is 13.8 Å². The molecule has 0 bridgehead atoms. The van der Waals surface area contributed by atoms with Gasteiger partial charge in [-0.3, -0.25) is 4.79 Å². The third kappa shape index (κ3) is 3.95. The Hall–Kier alpha value is -0.280. The summed E-state index contributed by atoms with van der Waals surface area (Å²) in [6, 6.07) is 0. The molecule has 0 radical (unpaired) electrons. The molecule has 16 heavy (non-hydrogen) atoms. The standard InChI is InChI=1S/C12H24N2O.ClH/c1-9(2)10(3)12(15)14-6-4-5-11(7-13)8-14;/h9-11H,4-8,13H2,1-3H3;1H. The van der Waals surface area contributed by atoms with Crippen molar-refractivity contribution in [3.05, 3.63) is 0 Å². The van der Waals surface area contributed by atoms with Gasteiger partial charge < -0.3 is 10.6 Å². The topological polar surface area (TPSA) is 46.3 Å². The van der Waals surface area contributed by atoms with Gasteiger partial charge in [-0.15, -0.1) is 12.4 Å². The maximum atomic E-state index is 12.1. The Morgan fingerprint density at radius 2 is 2.06 bits per heavy atom. The van der Waals surface area contributed by atoms with E-state index in [-0.39, 0.29) is 18.3 Å². The van der Waals surface area contributed by atoms with Crippen LogP contribution in [-0.4, -0.2) is 30.4 Å². The van der Waals surface area contributed by atoms with Crippen LogP contribution in [0.25, 0.3) is 0 Å². The van der Waals surface area contributed by atoms with Gasteiger partial charge in [0.25, 0.3) is 0 Å². The first-order chi connectivity index (χ1) is 7.06. The molecule has 0 saturated carbocycles. The van der Waals surface area contributed by atoms with Gasteiger partial charge in [0, 0.05) is 19.0 Å². The normalized spacial score (nSPS) is 22.8. The highest BCUT2D eigenvalue weighted by molar-refractivity contribution is 5.85. The predicted octanol–water partition coefficient (Wildman–Crippen LogP) is 1.90. The molecule has 0 aliphatic carbocycles. The number of hydrogen-bond donors (Lipinski definition) is 1. The molecule has 0 aromatic rings. The van der Waals surface area contributed by atoms with E-state index >= 15 is 0 Å². The molecule has 96 valence electrons. The number of halogens is 1. The zero-order valence-corrected chi connectivity index (χ0v) is 11.4. The fourth-order valence-corrected chi connectivity index (χ4v) is 2.03.